The van der Waals surface area contributed by atoms with Crippen LogP contribution in [-0.4, -0.2) is 32.1 Å². The number of halogens is 1. The maximum absolute atomic E-state index is 13.1. The van der Waals surface area contributed by atoms with Gasteiger partial charge in [-0.2, -0.15) is 0 Å². The first-order valence-corrected chi connectivity index (χ1v) is 8.38. The minimum atomic E-state index is 0. The minimum absolute atomic E-state index is 0. The number of rotatable bonds is 5. The molecule has 1 saturated heterocycles. The van der Waals surface area contributed by atoms with Gasteiger partial charge in [0.25, 0.3) is 0 Å². The second-order valence-corrected chi connectivity index (χ2v) is 6.53. The number of anilines is 1. The number of piperidine rings is 1. The number of hydrogen-bond acceptors (Lipinski definition) is 3. The molecular weight excluding hydrogens is 312 g/mol. The van der Waals surface area contributed by atoms with Crippen molar-refractivity contribution in [1.29, 1.82) is 0 Å². The van der Waals surface area contributed by atoms with Crippen LogP contribution in [0.4, 0.5) is 5.69 Å². The molecule has 2 atom stereocenters. The van der Waals surface area contributed by atoms with Crippen LogP contribution in [0.15, 0.2) is 24.3 Å². The van der Waals surface area contributed by atoms with Gasteiger partial charge in [-0.05, 0) is 69.3 Å². The van der Waals surface area contributed by atoms with Crippen molar-refractivity contribution in [3.63, 3.8) is 0 Å². The van der Waals surface area contributed by atoms with Gasteiger partial charge in [0.15, 0.2) is 0 Å². The molecular formula is C18H27ClN2O2. The summed E-state index contributed by atoms with van der Waals surface area (Å²) in [5.74, 6) is 1.87. The highest BCUT2D eigenvalue weighted by molar-refractivity contribution is 5.96. The molecule has 0 spiro atoms. The fourth-order valence-electron chi connectivity index (χ4n) is 3.35. The molecule has 2 unspecified atom stereocenters. The SMILES string of the molecule is COc1ccc(N(C(=O)C2CCCNC2)C(C)C2CC2)cc1.Cl. The first-order valence-electron chi connectivity index (χ1n) is 8.38. The maximum atomic E-state index is 13.1. The van der Waals surface area contributed by atoms with Crippen molar-refractivity contribution in [3.05, 3.63) is 24.3 Å². The standard InChI is InChI=1S/C18H26N2O2.ClH/c1-13(14-5-6-14)20(16-7-9-17(22-2)10-8-16)18(21)15-4-3-11-19-12-15;/h7-10,13-15,19H,3-6,11-12H2,1-2H3;1H. The maximum Gasteiger partial charge on any atom is 0.231 e. The van der Waals surface area contributed by atoms with Crippen molar-refractivity contribution in [3.8, 4) is 5.75 Å². The van der Waals surface area contributed by atoms with Gasteiger partial charge in [-0.1, -0.05) is 0 Å². The van der Waals surface area contributed by atoms with E-state index in [2.05, 4.69) is 12.2 Å². The Kier molecular flexibility index (Phi) is 6.31. The first kappa shape index (κ1) is 18.1. The van der Waals surface area contributed by atoms with Gasteiger partial charge >= 0.3 is 0 Å². The van der Waals surface area contributed by atoms with E-state index in [1.807, 2.05) is 29.2 Å². The van der Waals surface area contributed by atoms with Crippen molar-refractivity contribution in [2.24, 2.45) is 11.8 Å². The third-order valence-electron chi connectivity index (χ3n) is 4.95. The first-order chi connectivity index (χ1) is 10.7. The lowest BCUT2D eigenvalue weighted by atomic mass is 9.96. The lowest BCUT2D eigenvalue weighted by molar-refractivity contribution is -0.123. The quantitative estimate of drug-likeness (QED) is 0.896. The van der Waals surface area contributed by atoms with Gasteiger partial charge in [-0.25, -0.2) is 0 Å². The molecule has 2 aliphatic rings. The number of carbonyl (C=O) groups is 1. The van der Waals surface area contributed by atoms with E-state index in [1.165, 1.54) is 12.8 Å². The topological polar surface area (TPSA) is 41.6 Å². The Morgan fingerprint density at radius 2 is 1.96 bits per heavy atom. The van der Waals surface area contributed by atoms with Crippen LogP contribution in [0, 0.1) is 11.8 Å². The number of benzene rings is 1. The summed E-state index contributed by atoms with van der Waals surface area (Å²) in [6, 6.07) is 8.17. The molecule has 1 aliphatic heterocycles. The van der Waals surface area contributed by atoms with Crippen LogP contribution >= 0.6 is 12.4 Å². The number of ether oxygens (including phenoxy) is 1. The molecule has 0 bridgehead atoms. The molecule has 5 heteroatoms. The molecule has 4 nitrogen and oxygen atoms in total. The largest absolute Gasteiger partial charge is 0.497 e. The average Bonchev–Trinajstić information content (AvgIpc) is 3.41. The van der Waals surface area contributed by atoms with Crippen molar-refractivity contribution in [2.75, 3.05) is 25.1 Å². The number of carbonyl (C=O) groups excluding carboxylic acids is 1. The summed E-state index contributed by atoms with van der Waals surface area (Å²) >= 11 is 0. The van der Waals surface area contributed by atoms with E-state index in [1.54, 1.807) is 7.11 Å². The zero-order chi connectivity index (χ0) is 15.5. The number of amides is 1. The fourth-order valence-corrected chi connectivity index (χ4v) is 3.35. The summed E-state index contributed by atoms with van der Waals surface area (Å²) in [4.78, 5) is 15.1. The average molecular weight is 339 g/mol. The molecule has 0 radical (unpaired) electrons. The molecule has 23 heavy (non-hydrogen) atoms. The number of methoxy groups -OCH3 is 1. The second-order valence-electron chi connectivity index (χ2n) is 6.53. The predicted molar refractivity (Wildman–Crippen MR) is 95.5 cm³/mol. The number of nitrogens with one attached hydrogen (secondary N) is 1. The van der Waals surface area contributed by atoms with Crippen LogP contribution in [0.2, 0.25) is 0 Å². The van der Waals surface area contributed by atoms with Gasteiger partial charge in [0, 0.05) is 18.3 Å². The van der Waals surface area contributed by atoms with Crippen molar-refractivity contribution >= 4 is 24.0 Å². The summed E-state index contributed by atoms with van der Waals surface area (Å²) in [6.45, 7) is 4.03. The van der Waals surface area contributed by atoms with Gasteiger partial charge in [-0.3, -0.25) is 4.79 Å². The lowest BCUT2D eigenvalue weighted by Gasteiger charge is -2.34. The molecule has 1 amide bonds. The van der Waals surface area contributed by atoms with Gasteiger partial charge in [0.1, 0.15) is 5.75 Å². The summed E-state index contributed by atoms with van der Waals surface area (Å²) in [7, 11) is 1.67. The van der Waals surface area contributed by atoms with E-state index in [0.717, 1.165) is 37.4 Å². The Balaban J connectivity index is 0.00000192. The Morgan fingerprint density at radius 1 is 1.26 bits per heavy atom. The molecule has 0 aromatic heterocycles. The molecule has 128 valence electrons. The number of nitrogens with zero attached hydrogens (tertiary/aromatic N) is 1. The fraction of sp³-hybridized carbons (Fsp3) is 0.611. The van der Waals surface area contributed by atoms with E-state index < -0.39 is 0 Å². The molecule has 3 rings (SSSR count). The Bertz CT molecular complexity index is 510. The highest BCUT2D eigenvalue weighted by Gasteiger charge is 2.37. The summed E-state index contributed by atoms with van der Waals surface area (Å²) < 4.78 is 5.23. The van der Waals surface area contributed by atoms with Crippen LogP contribution in [-0.2, 0) is 4.79 Å². The summed E-state index contributed by atoms with van der Waals surface area (Å²) in [5, 5.41) is 3.36. The van der Waals surface area contributed by atoms with Crippen LogP contribution < -0.4 is 15.0 Å². The van der Waals surface area contributed by atoms with Gasteiger partial charge < -0.3 is 15.0 Å². The van der Waals surface area contributed by atoms with E-state index in [-0.39, 0.29) is 30.3 Å². The van der Waals surface area contributed by atoms with Gasteiger partial charge in [-0.15, -0.1) is 12.4 Å². The van der Waals surface area contributed by atoms with Crippen LogP contribution in [0.5, 0.6) is 5.75 Å². The number of hydrogen-bond donors (Lipinski definition) is 1. The van der Waals surface area contributed by atoms with Crippen molar-refractivity contribution in [2.45, 2.75) is 38.6 Å². The summed E-state index contributed by atoms with van der Waals surface area (Å²) in [6.07, 6.45) is 4.56. The van der Waals surface area contributed by atoms with E-state index >= 15 is 0 Å². The zero-order valence-electron chi connectivity index (χ0n) is 14.0. The molecule has 1 aromatic carbocycles. The highest BCUT2D eigenvalue weighted by atomic mass is 35.5. The zero-order valence-corrected chi connectivity index (χ0v) is 14.8. The predicted octanol–water partition coefficient (Wildman–Crippen LogP) is 3.25. The molecule has 1 aromatic rings. The Morgan fingerprint density at radius 3 is 2.48 bits per heavy atom. The Labute approximate surface area is 145 Å². The van der Waals surface area contributed by atoms with Crippen molar-refractivity contribution in [1.82, 2.24) is 5.32 Å². The smallest absolute Gasteiger partial charge is 0.231 e. The lowest BCUT2D eigenvalue weighted by Crippen LogP contribution is -2.47. The van der Waals surface area contributed by atoms with Crippen LogP contribution in [0.3, 0.4) is 0 Å². The third-order valence-corrected chi connectivity index (χ3v) is 4.95. The van der Waals surface area contributed by atoms with Crippen LogP contribution in [0.25, 0.3) is 0 Å². The molecule has 1 heterocycles. The minimum Gasteiger partial charge on any atom is -0.497 e. The highest BCUT2D eigenvalue weighted by Crippen LogP contribution is 2.38. The van der Waals surface area contributed by atoms with Crippen LogP contribution in [0.1, 0.15) is 32.6 Å². The van der Waals surface area contributed by atoms with Gasteiger partial charge in [0.05, 0.1) is 13.0 Å². The van der Waals surface area contributed by atoms with Crippen molar-refractivity contribution < 1.29 is 9.53 Å². The molecule has 1 aliphatic carbocycles. The van der Waals surface area contributed by atoms with Gasteiger partial charge in [0.2, 0.25) is 5.91 Å². The third kappa shape index (κ3) is 4.18. The van der Waals surface area contributed by atoms with E-state index in [0.29, 0.717) is 5.92 Å². The molecule has 2 fully saturated rings. The Hall–Kier alpha value is -1.26. The summed E-state index contributed by atoms with van der Waals surface area (Å²) in [5.41, 5.74) is 0.996. The van der Waals surface area contributed by atoms with E-state index in [4.69, 9.17) is 4.74 Å². The second kappa shape index (κ2) is 8.02. The monoisotopic (exact) mass is 338 g/mol. The van der Waals surface area contributed by atoms with E-state index in [9.17, 15) is 4.79 Å². The molecule has 1 saturated carbocycles. The molecule has 1 N–H and O–H groups in total. The normalized spacial score (nSPS) is 21.9.